The van der Waals surface area contributed by atoms with Gasteiger partial charge in [-0.05, 0) is 62.2 Å². The van der Waals surface area contributed by atoms with Gasteiger partial charge >= 0.3 is 5.97 Å². The average molecular weight is 372 g/mol. The van der Waals surface area contributed by atoms with Crippen LogP contribution in [0, 0.1) is 5.92 Å². The number of rotatable bonds is 6. The van der Waals surface area contributed by atoms with E-state index in [-0.39, 0.29) is 5.97 Å². The van der Waals surface area contributed by atoms with Crippen molar-refractivity contribution in [3.63, 3.8) is 0 Å². The van der Waals surface area contributed by atoms with E-state index in [1.807, 2.05) is 18.8 Å². The number of carbonyl (C=O) groups excluding carboxylic acids is 1. The summed E-state index contributed by atoms with van der Waals surface area (Å²) in [6.45, 7) is 0. The van der Waals surface area contributed by atoms with Crippen LogP contribution in [0.5, 0.6) is 0 Å². The maximum Gasteiger partial charge on any atom is 0.326 e. The summed E-state index contributed by atoms with van der Waals surface area (Å²) in [5.41, 5.74) is -0.477. The summed E-state index contributed by atoms with van der Waals surface area (Å²) >= 11 is 5.29. The molecule has 21 heavy (non-hydrogen) atoms. The molecule has 1 N–H and O–H groups in total. The van der Waals surface area contributed by atoms with Gasteiger partial charge < -0.3 is 10.1 Å². The normalized spacial score (nSPS) is 25.0. The summed E-state index contributed by atoms with van der Waals surface area (Å²) in [5.74, 6) is 1.27. The van der Waals surface area contributed by atoms with Crippen LogP contribution in [0.4, 0.5) is 0 Å². The van der Waals surface area contributed by atoms with Gasteiger partial charge in [-0.1, -0.05) is 22.4 Å². The molecule has 2 unspecified atom stereocenters. The minimum absolute atomic E-state index is 0.110. The molecule has 0 heterocycles. The zero-order valence-electron chi connectivity index (χ0n) is 12.5. The molecule has 1 aliphatic carbocycles. The topological polar surface area (TPSA) is 38.3 Å². The predicted octanol–water partition coefficient (Wildman–Crippen LogP) is 3.86. The van der Waals surface area contributed by atoms with Crippen molar-refractivity contribution in [2.75, 3.05) is 19.9 Å². The number of hydrogen-bond donors (Lipinski definition) is 1. The van der Waals surface area contributed by atoms with Gasteiger partial charge in [0.05, 0.1) is 7.11 Å². The summed E-state index contributed by atoms with van der Waals surface area (Å²) in [4.78, 5) is 13.4. The van der Waals surface area contributed by atoms with Crippen molar-refractivity contribution in [2.45, 2.75) is 36.1 Å². The molecular formula is C16H22BrNO2S. The van der Waals surface area contributed by atoms with E-state index in [4.69, 9.17) is 4.74 Å². The van der Waals surface area contributed by atoms with Gasteiger partial charge in [0.1, 0.15) is 5.54 Å². The largest absolute Gasteiger partial charge is 0.468 e. The molecule has 1 aliphatic rings. The van der Waals surface area contributed by atoms with Crippen LogP contribution in [0.1, 0.15) is 25.7 Å². The molecular weight excluding hydrogens is 350 g/mol. The van der Waals surface area contributed by atoms with Crippen LogP contribution in [0.2, 0.25) is 0 Å². The zero-order chi connectivity index (χ0) is 15.3. The summed E-state index contributed by atoms with van der Waals surface area (Å²) in [7, 11) is 3.35. The number of hydrogen-bond acceptors (Lipinski definition) is 4. The fourth-order valence-corrected chi connectivity index (χ4v) is 4.43. The van der Waals surface area contributed by atoms with Crippen molar-refractivity contribution in [3.8, 4) is 0 Å². The van der Waals surface area contributed by atoms with Crippen LogP contribution in [0.3, 0.4) is 0 Å². The van der Waals surface area contributed by atoms with Gasteiger partial charge in [-0.25, -0.2) is 0 Å². The number of esters is 1. The lowest BCUT2D eigenvalue weighted by atomic mass is 9.85. The molecule has 3 nitrogen and oxygen atoms in total. The molecule has 1 saturated carbocycles. The van der Waals surface area contributed by atoms with Crippen LogP contribution in [-0.4, -0.2) is 31.4 Å². The third kappa shape index (κ3) is 3.82. The lowest BCUT2D eigenvalue weighted by Crippen LogP contribution is -2.53. The fourth-order valence-electron chi connectivity index (χ4n) is 3.20. The zero-order valence-corrected chi connectivity index (χ0v) is 14.9. The SMILES string of the molecule is CNC1(C(=O)OC)CCCC1CCSc1ccc(Br)cc1. The highest BCUT2D eigenvalue weighted by Crippen LogP contribution is 2.39. The summed E-state index contributed by atoms with van der Waals surface area (Å²) in [5, 5.41) is 3.24. The quantitative estimate of drug-likeness (QED) is 0.608. The van der Waals surface area contributed by atoms with Gasteiger partial charge in [0.15, 0.2) is 0 Å². The molecule has 116 valence electrons. The molecule has 1 fully saturated rings. The van der Waals surface area contributed by atoms with Crippen LogP contribution in [0.15, 0.2) is 33.6 Å². The monoisotopic (exact) mass is 371 g/mol. The summed E-state index contributed by atoms with van der Waals surface area (Å²) in [6.07, 6.45) is 4.08. The highest BCUT2D eigenvalue weighted by atomic mass is 79.9. The number of likely N-dealkylation sites (N-methyl/N-ethyl adjacent to an activating group) is 1. The van der Waals surface area contributed by atoms with E-state index in [2.05, 4.69) is 45.5 Å². The molecule has 0 aromatic heterocycles. The van der Waals surface area contributed by atoms with E-state index >= 15 is 0 Å². The van der Waals surface area contributed by atoms with E-state index in [0.29, 0.717) is 5.92 Å². The third-order valence-electron chi connectivity index (χ3n) is 4.37. The predicted molar refractivity (Wildman–Crippen MR) is 90.6 cm³/mol. The second kappa shape index (κ2) is 7.65. The van der Waals surface area contributed by atoms with Gasteiger partial charge in [0.2, 0.25) is 0 Å². The molecule has 2 rings (SSSR count). The first kappa shape index (κ1) is 16.8. The Bertz CT molecular complexity index is 480. The first-order chi connectivity index (χ1) is 10.1. The summed E-state index contributed by atoms with van der Waals surface area (Å²) in [6, 6.07) is 8.36. The van der Waals surface area contributed by atoms with Gasteiger partial charge in [0.25, 0.3) is 0 Å². The van der Waals surface area contributed by atoms with Crippen LogP contribution >= 0.6 is 27.7 Å². The number of benzene rings is 1. The van der Waals surface area contributed by atoms with E-state index in [1.54, 1.807) is 0 Å². The molecule has 0 bridgehead atoms. The van der Waals surface area contributed by atoms with Gasteiger partial charge in [-0.2, -0.15) is 0 Å². The number of methoxy groups -OCH3 is 1. The molecule has 5 heteroatoms. The minimum atomic E-state index is -0.477. The number of nitrogens with one attached hydrogen (secondary N) is 1. The maximum atomic E-state index is 12.2. The lowest BCUT2D eigenvalue weighted by Gasteiger charge is -2.32. The Morgan fingerprint density at radius 1 is 1.48 bits per heavy atom. The first-order valence-corrected chi connectivity index (χ1v) is 9.06. The van der Waals surface area contributed by atoms with E-state index < -0.39 is 5.54 Å². The molecule has 0 aliphatic heterocycles. The standard InChI is InChI=1S/C16H22BrNO2S/c1-18-16(15(19)20-2)10-3-4-12(16)9-11-21-14-7-5-13(17)6-8-14/h5-8,12,18H,3-4,9-11H2,1-2H3. The van der Waals surface area contributed by atoms with E-state index in [1.165, 1.54) is 12.0 Å². The third-order valence-corrected chi connectivity index (χ3v) is 5.94. The van der Waals surface area contributed by atoms with Crippen molar-refractivity contribution in [3.05, 3.63) is 28.7 Å². The first-order valence-electron chi connectivity index (χ1n) is 7.28. The Kier molecular flexibility index (Phi) is 6.14. The molecule has 0 amide bonds. The Balaban J connectivity index is 1.92. The van der Waals surface area contributed by atoms with Crippen molar-refractivity contribution in [1.82, 2.24) is 5.32 Å². The van der Waals surface area contributed by atoms with Crippen molar-refractivity contribution in [2.24, 2.45) is 5.92 Å². The van der Waals surface area contributed by atoms with Crippen LogP contribution < -0.4 is 5.32 Å². The van der Waals surface area contributed by atoms with E-state index in [0.717, 1.165) is 35.9 Å². The molecule has 0 saturated heterocycles. The van der Waals surface area contributed by atoms with Crippen molar-refractivity contribution < 1.29 is 9.53 Å². The fraction of sp³-hybridized carbons (Fsp3) is 0.562. The second-order valence-corrected chi connectivity index (χ2v) is 7.48. The minimum Gasteiger partial charge on any atom is -0.468 e. The Morgan fingerprint density at radius 3 is 2.81 bits per heavy atom. The van der Waals surface area contributed by atoms with Gasteiger partial charge in [-0.15, -0.1) is 11.8 Å². The molecule has 1 aromatic rings. The smallest absolute Gasteiger partial charge is 0.326 e. The highest BCUT2D eigenvalue weighted by Gasteiger charge is 2.48. The van der Waals surface area contributed by atoms with Gasteiger partial charge in [-0.3, -0.25) is 4.79 Å². The number of carbonyl (C=O) groups is 1. The van der Waals surface area contributed by atoms with Crippen LogP contribution in [0.25, 0.3) is 0 Å². The molecule has 1 aromatic carbocycles. The number of thioether (sulfide) groups is 1. The highest BCUT2D eigenvalue weighted by molar-refractivity contribution is 9.10. The van der Waals surface area contributed by atoms with Crippen LogP contribution in [-0.2, 0) is 9.53 Å². The number of halogens is 1. The number of ether oxygens (including phenoxy) is 1. The Morgan fingerprint density at radius 2 is 2.19 bits per heavy atom. The van der Waals surface area contributed by atoms with E-state index in [9.17, 15) is 4.79 Å². The maximum absolute atomic E-state index is 12.2. The van der Waals surface area contributed by atoms with Crippen molar-refractivity contribution in [1.29, 1.82) is 0 Å². The molecule has 0 radical (unpaired) electrons. The summed E-state index contributed by atoms with van der Waals surface area (Å²) < 4.78 is 6.12. The second-order valence-electron chi connectivity index (χ2n) is 5.39. The van der Waals surface area contributed by atoms with Gasteiger partial charge in [0, 0.05) is 9.37 Å². The average Bonchev–Trinajstić information content (AvgIpc) is 2.92. The molecule has 0 spiro atoms. The Labute approximate surface area is 139 Å². The molecule has 2 atom stereocenters. The lowest BCUT2D eigenvalue weighted by molar-refractivity contribution is -0.150. The van der Waals surface area contributed by atoms with Crippen molar-refractivity contribution >= 4 is 33.7 Å². The Hall–Kier alpha value is -0.520.